The fraction of sp³-hybridized carbons (Fsp3) is 0.182. The molecule has 0 fully saturated rings. The number of rotatable bonds is 6. The van der Waals surface area contributed by atoms with Crippen molar-refractivity contribution < 1.29 is 9.59 Å². The number of nitrogens with zero attached hydrogens (tertiary/aromatic N) is 1. The lowest BCUT2D eigenvalue weighted by atomic mass is 10.0. The Bertz CT molecular complexity index is 1040. The average Bonchev–Trinajstić information content (AvgIpc) is 3.29. The Morgan fingerprint density at radius 2 is 2.07 bits per heavy atom. The van der Waals surface area contributed by atoms with Gasteiger partial charge in [-0.2, -0.15) is 0 Å². The van der Waals surface area contributed by atoms with Crippen LogP contribution in [0.2, 0.25) is 0 Å². The number of carbonyl (C=O) groups excluding carboxylic acids is 2. The number of amides is 2. The summed E-state index contributed by atoms with van der Waals surface area (Å²) < 4.78 is 0. The maximum atomic E-state index is 12.8. The molecular weight excluding hydrogens is 356 g/mol. The fourth-order valence-electron chi connectivity index (χ4n) is 3.41. The molecule has 1 aromatic heterocycles. The highest BCUT2D eigenvalue weighted by Gasteiger charge is 2.29. The van der Waals surface area contributed by atoms with Gasteiger partial charge in [-0.3, -0.25) is 9.59 Å². The van der Waals surface area contributed by atoms with Crippen LogP contribution < -0.4 is 10.2 Å². The lowest BCUT2D eigenvalue weighted by Crippen LogP contribution is -2.27. The highest BCUT2D eigenvalue weighted by molar-refractivity contribution is 7.10. The van der Waals surface area contributed by atoms with Crippen molar-refractivity contribution in [2.45, 2.75) is 19.8 Å². The molecule has 1 N–H and O–H groups in total. The Morgan fingerprint density at radius 1 is 1.19 bits per heavy atom. The molecule has 3 aromatic rings. The van der Waals surface area contributed by atoms with E-state index in [0.29, 0.717) is 12.1 Å². The molecule has 0 spiro atoms. The van der Waals surface area contributed by atoms with Gasteiger partial charge in [0.05, 0.1) is 5.69 Å². The Balaban J connectivity index is 1.65. The van der Waals surface area contributed by atoms with Crippen molar-refractivity contribution in [2.24, 2.45) is 0 Å². The number of unbranched alkanes of at least 4 members (excludes halogenated alkanes) is 1. The molecule has 1 aliphatic heterocycles. The molecule has 2 heterocycles. The van der Waals surface area contributed by atoms with E-state index in [1.807, 2.05) is 52.7 Å². The molecule has 0 saturated carbocycles. The Kier molecular flexibility index (Phi) is 4.77. The third kappa shape index (κ3) is 3.26. The second-order valence-corrected chi connectivity index (χ2v) is 7.49. The number of hydrogen-bond acceptors (Lipinski definition) is 3. The van der Waals surface area contributed by atoms with Crippen LogP contribution in [0, 0.1) is 0 Å². The molecule has 2 aromatic carbocycles. The summed E-state index contributed by atoms with van der Waals surface area (Å²) >= 11 is 1.58. The van der Waals surface area contributed by atoms with Crippen LogP contribution in [0.5, 0.6) is 0 Å². The minimum Gasteiger partial charge on any atom is -0.322 e. The molecule has 0 radical (unpaired) electrons. The number of benzene rings is 2. The fourth-order valence-corrected chi connectivity index (χ4v) is 4.03. The number of nitrogens with one attached hydrogen (secondary N) is 1. The van der Waals surface area contributed by atoms with Crippen molar-refractivity contribution in [3.63, 3.8) is 0 Å². The molecule has 2 amide bonds. The smallest absolute Gasteiger partial charge is 0.258 e. The van der Waals surface area contributed by atoms with Crippen molar-refractivity contribution in [2.75, 3.05) is 16.8 Å². The predicted molar refractivity (Wildman–Crippen MR) is 113 cm³/mol. The molecule has 0 bridgehead atoms. The van der Waals surface area contributed by atoms with Crippen molar-refractivity contribution in [1.82, 2.24) is 0 Å². The van der Waals surface area contributed by atoms with Gasteiger partial charge >= 0.3 is 0 Å². The first-order chi connectivity index (χ1) is 13.2. The van der Waals surface area contributed by atoms with Gasteiger partial charge in [0.15, 0.2) is 0 Å². The first kappa shape index (κ1) is 17.5. The summed E-state index contributed by atoms with van der Waals surface area (Å²) in [7, 11) is 0. The van der Waals surface area contributed by atoms with E-state index in [0.717, 1.165) is 39.9 Å². The first-order valence-corrected chi connectivity index (χ1v) is 9.97. The highest BCUT2D eigenvalue weighted by atomic mass is 32.1. The van der Waals surface area contributed by atoms with E-state index in [9.17, 15) is 9.59 Å². The zero-order valence-corrected chi connectivity index (χ0v) is 15.9. The van der Waals surface area contributed by atoms with E-state index in [1.54, 1.807) is 17.4 Å². The van der Waals surface area contributed by atoms with Gasteiger partial charge in [-0.25, -0.2) is 0 Å². The summed E-state index contributed by atoms with van der Waals surface area (Å²) in [6.07, 6.45) is 5.34. The zero-order chi connectivity index (χ0) is 18.8. The zero-order valence-electron chi connectivity index (χ0n) is 15.1. The van der Waals surface area contributed by atoms with E-state index in [-0.39, 0.29) is 11.8 Å². The van der Waals surface area contributed by atoms with Gasteiger partial charge in [-0.1, -0.05) is 31.5 Å². The monoisotopic (exact) mass is 376 g/mol. The van der Waals surface area contributed by atoms with Crippen LogP contribution in [0.3, 0.4) is 0 Å². The second-order valence-electron chi connectivity index (χ2n) is 6.51. The summed E-state index contributed by atoms with van der Waals surface area (Å²) in [5.41, 5.74) is 2.37. The molecule has 0 unspecified atom stereocenters. The summed E-state index contributed by atoms with van der Waals surface area (Å²) in [6.45, 7) is 2.83. The van der Waals surface area contributed by atoms with E-state index in [4.69, 9.17) is 0 Å². The van der Waals surface area contributed by atoms with Crippen LogP contribution in [-0.4, -0.2) is 18.4 Å². The molecule has 5 heteroatoms. The van der Waals surface area contributed by atoms with Gasteiger partial charge in [0.2, 0.25) is 5.91 Å². The lowest BCUT2D eigenvalue weighted by Gasteiger charge is -2.17. The molecule has 0 atom stereocenters. The minimum absolute atomic E-state index is 0.0464. The quantitative estimate of drug-likeness (QED) is 0.593. The average molecular weight is 376 g/mol. The lowest BCUT2D eigenvalue weighted by molar-refractivity contribution is -0.111. The van der Waals surface area contributed by atoms with Crippen LogP contribution in [0.15, 0.2) is 53.9 Å². The maximum absolute atomic E-state index is 12.8. The molecule has 4 nitrogen and oxygen atoms in total. The van der Waals surface area contributed by atoms with Gasteiger partial charge in [-0.05, 0) is 42.1 Å². The summed E-state index contributed by atoms with van der Waals surface area (Å²) in [4.78, 5) is 28.0. The molecule has 4 rings (SSSR count). The molecule has 27 heavy (non-hydrogen) atoms. The molecular formula is C22H20N2O2S. The van der Waals surface area contributed by atoms with Gasteiger partial charge in [0.1, 0.15) is 0 Å². The predicted octanol–water partition coefficient (Wildman–Crippen LogP) is 5.31. The summed E-state index contributed by atoms with van der Waals surface area (Å²) in [5.74, 6) is -0.138. The van der Waals surface area contributed by atoms with Crippen molar-refractivity contribution in [1.29, 1.82) is 0 Å². The Morgan fingerprint density at radius 3 is 2.85 bits per heavy atom. The number of hydrogen-bond donors (Lipinski definition) is 1. The largest absolute Gasteiger partial charge is 0.322 e. The number of carbonyl (C=O) groups is 2. The molecule has 136 valence electrons. The Hall–Kier alpha value is -2.92. The second kappa shape index (κ2) is 7.37. The van der Waals surface area contributed by atoms with E-state index >= 15 is 0 Å². The minimum atomic E-state index is -0.184. The number of anilines is 2. The first-order valence-electron chi connectivity index (χ1n) is 9.09. The van der Waals surface area contributed by atoms with Crippen LogP contribution in [0.4, 0.5) is 11.4 Å². The van der Waals surface area contributed by atoms with E-state index in [2.05, 4.69) is 12.2 Å². The normalized spacial score (nSPS) is 13.1. The van der Waals surface area contributed by atoms with Gasteiger partial charge < -0.3 is 10.2 Å². The standard InChI is InChI=1S/C22H20N2O2S/c1-2-3-13-24-19-11-10-18(16-7-4-8-17(21(16)19)22(24)26)23-20(25)12-9-15-6-5-14-27-15/h4-12,14H,2-3,13H2,1H3,(H,23,25)/b12-9+. The van der Waals surface area contributed by atoms with Gasteiger partial charge in [-0.15, -0.1) is 11.3 Å². The Labute approximate surface area is 162 Å². The highest BCUT2D eigenvalue weighted by Crippen LogP contribution is 2.40. The van der Waals surface area contributed by atoms with Crippen molar-refractivity contribution in [3.8, 4) is 0 Å². The van der Waals surface area contributed by atoms with Crippen LogP contribution in [0.25, 0.3) is 16.8 Å². The molecule has 0 saturated heterocycles. The topological polar surface area (TPSA) is 49.4 Å². The summed E-state index contributed by atoms with van der Waals surface area (Å²) in [5, 5.41) is 6.75. The van der Waals surface area contributed by atoms with Crippen LogP contribution in [-0.2, 0) is 4.79 Å². The summed E-state index contributed by atoms with van der Waals surface area (Å²) in [6, 6.07) is 13.4. The van der Waals surface area contributed by atoms with Crippen molar-refractivity contribution in [3.05, 3.63) is 64.4 Å². The van der Waals surface area contributed by atoms with Gasteiger partial charge in [0.25, 0.3) is 5.91 Å². The van der Waals surface area contributed by atoms with Crippen molar-refractivity contribution >= 4 is 51.4 Å². The van der Waals surface area contributed by atoms with E-state index in [1.165, 1.54) is 6.08 Å². The van der Waals surface area contributed by atoms with Crippen LogP contribution in [0.1, 0.15) is 35.0 Å². The number of thiophene rings is 1. The van der Waals surface area contributed by atoms with E-state index < -0.39 is 0 Å². The van der Waals surface area contributed by atoms with Crippen LogP contribution >= 0.6 is 11.3 Å². The maximum Gasteiger partial charge on any atom is 0.258 e. The molecule has 1 aliphatic rings. The third-order valence-corrected chi connectivity index (χ3v) is 5.56. The third-order valence-electron chi connectivity index (χ3n) is 4.72. The SMILES string of the molecule is CCCCN1C(=O)c2cccc3c(NC(=O)/C=C/c4cccs4)ccc1c23. The van der Waals surface area contributed by atoms with Gasteiger partial charge in [0, 0.05) is 39.5 Å². The molecule has 0 aliphatic carbocycles.